The van der Waals surface area contributed by atoms with Gasteiger partial charge in [0.15, 0.2) is 11.5 Å². The van der Waals surface area contributed by atoms with Crippen molar-refractivity contribution >= 4 is 28.4 Å². The van der Waals surface area contributed by atoms with Crippen LogP contribution < -0.4 is 9.47 Å². The van der Waals surface area contributed by atoms with Gasteiger partial charge in [0.25, 0.3) is 0 Å². The second-order valence-electron chi connectivity index (χ2n) is 7.38. The Balaban J connectivity index is 1.64. The molecule has 1 aromatic heterocycles. The first-order valence-corrected chi connectivity index (χ1v) is 10.0. The number of aryl methyl sites for hydroxylation is 2. The molecule has 0 bridgehead atoms. The average Bonchev–Trinajstić information content (AvgIpc) is 3.15. The van der Waals surface area contributed by atoms with Gasteiger partial charge in [0, 0.05) is 30.5 Å². The molecule has 6 heteroatoms. The molecule has 0 atom stereocenters. The highest BCUT2D eigenvalue weighted by atomic mass is 35.5. The van der Waals surface area contributed by atoms with Crippen molar-refractivity contribution in [1.82, 2.24) is 9.88 Å². The number of ether oxygens (including phenoxy) is 2. The summed E-state index contributed by atoms with van der Waals surface area (Å²) in [7, 11) is 0. The highest BCUT2D eigenvalue weighted by molar-refractivity contribution is 6.30. The molecule has 0 spiro atoms. The van der Waals surface area contributed by atoms with Gasteiger partial charge < -0.3 is 14.4 Å². The van der Waals surface area contributed by atoms with Crippen LogP contribution in [-0.4, -0.2) is 22.6 Å². The van der Waals surface area contributed by atoms with E-state index in [1.54, 1.807) is 4.90 Å². The Morgan fingerprint density at radius 3 is 2.69 bits per heavy atom. The first kappa shape index (κ1) is 19.5. The highest BCUT2D eigenvalue weighted by Crippen LogP contribution is 2.33. The quantitative estimate of drug-likeness (QED) is 0.544. The van der Waals surface area contributed by atoms with Crippen molar-refractivity contribution in [3.05, 3.63) is 63.8 Å². The molecule has 0 fully saturated rings. The largest absolute Gasteiger partial charge is 0.454 e. The Hall–Kier alpha value is -2.79. The maximum atomic E-state index is 12.6. The molecule has 1 aliphatic rings. The first-order valence-electron chi connectivity index (χ1n) is 9.67. The Kier molecular flexibility index (Phi) is 5.33. The molecule has 1 amide bonds. The van der Waals surface area contributed by atoms with E-state index in [0.29, 0.717) is 30.4 Å². The van der Waals surface area contributed by atoms with Crippen LogP contribution in [0, 0.1) is 13.8 Å². The van der Waals surface area contributed by atoms with Crippen molar-refractivity contribution in [3.63, 3.8) is 0 Å². The Labute approximate surface area is 175 Å². The zero-order valence-corrected chi connectivity index (χ0v) is 17.5. The first-order chi connectivity index (χ1) is 13.9. The van der Waals surface area contributed by atoms with Crippen LogP contribution in [-0.2, 0) is 17.9 Å². The second-order valence-corrected chi connectivity index (χ2v) is 7.74. The van der Waals surface area contributed by atoms with Gasteiger partial charge in [-0.05, 0) is 54.8 Å². The van der Waals surface area contributed by atoms with E-state index < -0.39 is 0 Å². The molecule has 150 valence electrons. The number of fused-ring (bicyclic) bond motifs is 2. The molecule has 0 radical (unpaired) electrons. The second kappa shape index (κ2) is 7.91. The maximum absolute atomic E-state index is 12.6. The third-order valence-electron chi connectivity index (χ3n) is 5.14. The Bertz CT molecular complexity index is 1100. The van der Waals surface area contributed by atoms with E-state index in [-0.39, 0.29) is 12.7 Å². The van der Waals surface area contributed by atoms with Crippen molar-refractivity contribution < 1.29 is 14.3 Å². The van der Waals surface area contributed by atoms with Gasteiger partial charge in [-0.1, -0.05) is 30.7 Å². The summed E-state index contributed by atoms with van der Waals surface area (Å²) in [6, 6.07) is 12.0. The topological polar surface area (TPSA) is 51.7 Å². The SMILES string of the molecule is CCC(=O)N(Cc1ccc2c(c1)OCO2)Cc1cc2c(C)cc(C)cc2nc1Cl. The fraction of sp³-hybridized carbons (Fsp3) is 0.304. The van der Waals surface area contributed by atoms with Crippen LogP contribution in [0.2, 0.25) is 5.15 Å². The number of hydrogen-bond acceptors (Lipinski definition) is 4. The number of rotatable bonds is 5. The van der Waals surface area contributed by atoms with Gasteiger partial charge in [0.05, 0.1) is 5.52 Å². The Morgan fingerprint density at radius 1 is 1.10 bits per heavy atom. The number of benzene rings is 2. The lowest BCUT2D eigenvalue weighted by molar-refractivity contribution is -0.132. The Morgan fingerprint density at radius 2 is 1.90 bits per heavy atom. The lowest BCUT2D eigenvalue weighted by Crippen LogP contribution is -2.29. The minimum atomic E-state index is 0.0551. The van der Waals surface area contributed by atoms with Crippen LogP contribution >= 0.6 is 11.6 Å². The smallest absolute Gasteiger partial charge is 0.231 e. The van der Waals surface area contributed by atoms with Crippen LogP contribution in [0.4, 0.5) is 0 Å². The van der Waals surface area contributed by atoms with Crippen molar-refractivity contribution in [2.75, 3.05) is 6.79 Å². The third-order valence-corrected chi connectivity index (χ3v) is 5.47. The number of carbonyl (C=O) groups is 1. The predicted octanol–water partition coefficient (Wildman–Crippen LogP) is 5.17. The molecule has 0 aliphatic carbocycles. The lowest BCUT2D eigenvalue weighted by atomic mass is 10.0. The van der Waals surface area contributed by atoms with Crippen molar-refractivity contribution in [3.8, 4) is 11.5 Å². The number of nitrogens with zero attached hydrogens (tertiary/aromatic N) is 2. The van der Waals surface area contributed by atoms with E-state index in [0.717, 1.165) is 38.9 Å². The van der Waals surface area contributed by atoms with Crippen LogP contribution in [0.15, 0.2) is 36.4 Å². The number of carbonyl (C=O) groups excluding carboxylic acids is 1. The molecule has 1 aliphatic heterocycles. The molecule has 0 saturated carbocycles. The van der Waals surface area contributed by atoms with Crippen LogP contribution in [0.3, 0.4) is 0 Å². The molecule has 0 N–H and O–H groups in total. The van der Waals surface area contributed by atoms with Gasteiger partial charge in [-0.3, -0.25) is 4.79 Å². The van der Waals surface area contributed by atoms with Gasteiger partial charge in [0.2, 0.25) is 12.7 Å². The summed E-state index contributed by atoms with van der Waals surface area (Å²) < 4.78 is 10.8. The van der Waals surface area contributed by atoms with Crippen molar-refractivity contribution in [1.29, 1.82) is 0 Å². The number of pyridine rings is 1. The number of halogens is 1. The number of hydrogen-bond donors (Lipinski definition) is 0. The van der Waals surface area contributed by atoms with Gasteiger partial charge in [0.1, 0.15) is 5.15 Å². The van der Waals surface area contributed by atoms with E-state index >= 15 is 0 Å². The van der Waals surface area contributed by atoms with E-state index in [2.05, 4.69) is 24.0 Å². The minimum Gasteiger partial charge on any atom is -0.454 e. The van der Waals surface area contributed by atoms with Crippen molar-refractivity contribution in [2.24, 2.45) is 0 Å². The monoisotopic (exact) mass is 410 g/mol. The van der Waals surface area contributed by atoms with Crippen LogP contribution in [0.1, 0.15) is 35.6 Å². The highest BCUT2D eigenvalue weighted by Gasteiger charge is 2.19. The zero-order chi connectivity index (χ0) is 20.5. The van der Waals surface area contributed by atoms with Gasteiger partial charge in [-0.15, -0.1) is 0 Å². The summed E-state index contributed by atoms with van der Waals surface area (Å²) in [6.45, 7) is 7.07. The summed E-state index contributed by atoms with van der Waals surface area (Å²) in [6.07, 6.45) is 0.418. The fourth-order valence-electron chi connectivity index (χ4n) is 3.68. The molecule has 2 heterocycles. The summed E-state index contributed by atoms with van der Waals surface area (Å²) in [5.74, 6) is 1.50. The molecular formula is C23H23ClN2O3. The van der Waals surface area contributed by atoms with Gasteiger partial charge in [-0.25, -0.2) is 4.98 Å². The maximum Gasteiger partial charge on any atom is 0.231 e. The van der Waals surface area contributed by atoms with E-state index in [1.807, 2.05) is 38.1 Å². The molecule has 0 saturated heterocycles. The van der Waals surface area contributed by atoms with Crippen molar-refractivity contribution in [2.45, 2.75) is 40.3 Å². The summed E-state index contributed by atoms with van der Waals surface area (Å²) in [5, 5.41) is 1.49. The van der Waals surface area contributed by atoms with Crippen LogP contribution in [0.25, 0.3) is 10.9 Å². The normalized spacial score (nSPS) is 12.4. The zero-order valence-electron chi connectivity index (χ0n) is 16.8. The molecule has 2 aromatic carbocycles. The summed E-state index contributed by atoms with van der Waals surface area (Å²) in [5.41, 5.74) is 4.99. The average molecular weight is 411 g/mol. The predicted molar refractivity (Wildman–Crippen MR) is 113 cm³/mol. The van der Waals surface area contributed by atoms with E-state index in [1.165, 1.54) is 0 Å². The van der Waals surface area contributed by atoms with E-state index in [4.69, 9.17) is 21.1 Å². The standard InChI is InChI=1S/C23H23ClN2O3/c1-4-22(27)26(11-16-5-6-20-21(9-16)29-13-28-20)12-17-10-18-15(3)7-14(2)8-19(18)25-23(17)24/h5-10H,4,11-13H2,1-3H3. The molecular weight excluding hydrogens is 388 g/mol. The molecule has 3 aromatic rings. The van der Waals surface area contributed by atoms with Gasteiger partial charge >= 0.3 is 0 Å². The lowest BCUT2D eigenvalue weighted by Gasteiger charge is -2.23. The van der Waals surface area contributed by atoms with Gasteiger partial charge in [-0.2, -0.15) is 0 Å². The molecule has 29 heavy (non-hydrogen) atoms. The molecule has 4 rings (SSSR count). The third kappa shape index (κ3) is 4.01. The number of amides is 1. The van der Waals surface area contributed by atoms with Crippen LogP contribution in [0.5, 0.6) is 11.5 Å². The summed E-state index contributed by atoms with van der Waals surface area (Å²) >= 11 is 6.49. The number of aromatic nitrogens is 1. The summed E-state index contributed by atoms with van der Waals surface area (Å²) in [4.78, 5) is 19.0. The van der Waals surface area contributed by atoms with E-state index in [9.17, 15) is 4.79 Å². The fourth-order valence-corrected chi connectivity index (χ4v) is 3.89. The minimum absolute atomic E-state index is 0.0551. The molecule has 5 nitrogen and oxygen atoms in total. The molecule has 0 unspecified atom stereocenters.